The molecule has 0 aliphatic heterocycles. The Labute approximate surface area is 245 Å². The molecule has 5 rings (SSSR count). The Morgan fingerprint density at radius 3 is 2.38 bits per heavy atom. The van der Waals surface area contributed by atoms with Crippen LogP contribution in [-0.2, 0) is 33.2 Å². The summed E-state index contributed by atoms with van der Waals surface area (Å²) in [5.41, 5.74) is 2.88. The fourth-order valence-corrected chi connectivity index (χ4v) is 6.38. The molecule has 4 aromatic rings. The van der Waals surface area contributed by atoms with Crippen molar-refractivity contribution in [2.24, 2.45) is 7.05 Å². The maximum Gasteiger partial charge on any atom is 0.249 e. The zero-order chi connectivity index (χ0) is 30.0. The number of hydrogen-bond acceptors (Lipinski definition) is 7. The fraction of sp³-hybridized carbons (Fsp3) is 0.414. The summed E-state index contributed by atoms with van der Waals surface area (Å²) < 4.78 is 29.8. The third kappa shape index (κ3) is 5.93. The molecule has 2 heterocycles. The number of fused-ring (bicyclic) bond motifs is 1. The topological polar surface area (TPSA) is 135 Å². The van der Waals surface area contributed by atoms with E-state index in [4.69, 9.17) is 0 Å². The van der Waals surface area contributed by atoms with E-state index in [-0.39, 0.29) is 23.4 Å². The van der Waals surface area contributed by atoms with Crippen LogP contribution < -0.4 is 10.2 Å². The second-order valence-electron chi connectivity index (χ2n) is 10.9. The first-order valence-corrected chi connectivity index (χ1v) is 15.4. The third-order valence-corrected chi connectivity index (χ3v) is 9.50. The van der Waals surface area contributed by atoms with E-state index < -0.39 is 22.0 Å². The van der Waals surface area contributed by atoms with Gasteiger partial charge in [-0.1, -0.05) is 36.6 Å². The van der Waals surface area contributed by atoms with Crippen molar-refractivity contribution < 1.29 is 18.0 Å². The van der Waals surface area contributed by atoms with Crippen LogP contribution in [0.15, 0.2) is 59.6 Å². The van der Waals surface area contributed by atoms with Gasteiger partial charge in [-0.2, -0.15) is 5.10 Å². The van der Waals surface area contributed by atoms with Crippen LogP contribution in [0.25, 0.3) is 11.0 Å². The number of anilines is 1. The zero-order valence-corrected chi connectivity index (χ0v) is 25.1. The minimum absolute atomic E-state index is 0.00884. The molecule has 0 bridgehead atoms. The lowest BCUT2D eigenvalue weighted by Gasteiger charge is -2.33. The van der Waals surface area contributed by atoms with Gasteiger partial charge in [0.1, 0.15) is 18.1 Å². The lowest BCUT2D eigenvalue weighted by atomic mass is 9.94. The predicted molar refractivity (Wildman–Crippen MR) is 158 cm³/mol. The molecule has 42 heavy (non-hydrogen) atoms. The van der Waals surface area contributed by atoms with Crippen molar-refractivity contribution in [1.29, 1.82) is 0 Å². The van der Waals surface area contributed by atoms with Gasteiger partial charge in [-0.15, -0.1) is 5.10 Å². The van der Waals surface area contributed by atoms with Crippen LogP contribution in [0.4, 0.5) is 5.69 Å². The summed E-state index contributed by atoms with van der Waals surface area (Å²) in [5, 5.41) is 16.0. The Balaban J connectivity index is 1.60. The van der Waals surface area contributed by atoms with Crippen molar-refractivity contribution in [2.75, 3.05) is 19.0 Å². The molecular formula is C29H36N8O4S. The second kappa shape index (κ2) is 12.0. The molecule has 0 saturated heterocycles. The van der Waals surface area contributed by atoms with Crippen molar-refractivity contribution in [1.82, 2.24) is 34.4 Å². The van der Waals surface area contributed by atoms with Gasteiger partial charge >= 0.3 is 0 Å². The Hall–Kier alpha value is -4.10. The first kappa shape index (κ1) is 29.4. The van der Waals surface area contributed by atoms with E-state index in [1.807, 2.05) is 24.3 Å². The van der Waals surface area contributed by atoms with Gasteiger partial charge < -0.3 is 5.32 Å². The van der Waals surface area contributed by atoms with Crippen LogP contribution >= 0.6 is 0 Å². The summed E-state index contributed by atoms with van der Waals surface area (Å²) in [5.74, 6) is -0.735. The number of para-hydroxylation sites is 1. The predicted octanol–water partition coefficient (Wildman–Crippen LogP) is 2.95. The molecule has 1 fully saturated rings. The van der Waals surface area contributed by atoms with Crippen molar-refractivity contribution in [3.8, 4) is 0 Å². The van der Waals surface area contributed by atoms with Gasteiger partial charge in [-0.25, -0.2) is 17.4 Å². The molecule has 1 aliphatic carbocycles. The molecule has 2 amide bonds. The number of nitrogens with one attached hydrogen (secondary N) is 1. The summed E-state index contributed by atoms with van der Waals surface area (Å²) >= 11 is 0. The smallest absolute Gasteiger partial charge is 0.249 e. The second-order valence-corrected chi connectivity index (χ2v) is 13.0. The lowest BCUT2D eigenvalue weighted by Crippen LogP contribution is -2.48. The number of rotatable bonds is 9. The van der Waals surface area contributed by atoms with Gasteiger partial charge in [-0.05, 0) is 56.2 Å². The summed E-state index contributed by atoms with van der Waals surface area (Å²) in [6.45, 7) is 1.61. The number of amides is 2. The molecule has 12 nitrogen and oxygen atoms in total. The van der Waals surface area contributed by atoms with Gasteiger partial charge in [0.05, 0.1) is 16.1 Å². The van der Waals surface area contributed by atoms with Crippen LogP contribution in [0.1, 0.15) is 49.4 Å². The number of benzene rings is 2. The molecule has 1 N–H and O–H groups in total. The normalized spacial score (nSPS) is 15.2. The Morgan fingerprint density at radius 1 is 1.05 bits per heavy atom. The average Bonchev–Trinajstić information content (AvgIpc) is 3.53. The van der Waals surface area contributed by atoms with Gasteiger partial charge in [0.25, 0.3) is 0 Å². The molecule has 1 atom stereocenters. The summed E-state index contributed by atoms with van der Waals surface area (Å²) in [6, 6.07) is 12.3. The summed E-state index contributed by atoms with van der Waals surface area (Å²) in [7, 11) is 0.977. The monoisotopic (exact) mass is 592 g/mol. The van der Waals surface area contributed by atoms with E-state index in [0.717, 1.165) is 36.4 Å². The van der Waals surface area contributed by atoms with Crippen LogP contribution in [0, 0.1) is 6.92 Å². The molecule has 13 heteroatoms. The maximum absolute atomic E-state index is 14.3. The molecule has 2 aromatic heterocycles. The van der Waals surface area contributed by atoms with Crippen molar-refractivity contribution in [3.63, 3.8) is 0 Å². The fourth-order valence-electron chi connectivity index (χ4n) is 5.48. The number of carbonyl (C=O) groups is 2. The molecular weight excluding hydrogens is 556 g/mol. The van der Waals surface area contributed by atoms with Gasteiger partial charge in [0, 0.05) is 44.6 Å². The summed E-state index contributed by atoms with van der Waals surface area (Å²) in [6.07, 6.45) is 6.70. The molecule has 2 aromatic carbocycles. The van der Waals surface area contributed by atoms with E-state index >= 15 is 0 Å². The molecule has 1 saturated carbocycles. The maximum atomic E-state index is 14.3. The molecule has 1 aliphatic rings. The summed E-state index contributed by atoms with van der Waals surface area (Å²) in [4.78, 5) is 29.9. The number of carbonyl (C=O) groups excluding carboxylic acids is 2. The van der Waals surface area contributed by atoms with E-state index in [2.05, 4.69) is 20.7 Å². The first-order valence-electron chi connectivity index (χ1n) is 14.0. The van der Waals surface area contributed by atoms with Crippen LogP contribution in [0.3, 0.4) is 0 Å². The van der Waals surface area contributed by atoms with Gasteiger partial charge in [-0.3, -0.25) is 19.2 Å². The van der Waals surface area contributed by atoms with Crippen molar-refractivity contribution >= 4 is 38.6 Å². The van der Waals surface area contributed by atoms with E-state index in [1.54, 1.807) is 37.0 Å². The van der Waals surface area contributed by atoms with E-state index in [9.17, 15) is 18.0 Å². The minimum Gasteiger partial charge on any atom is -0.351 e. The lowest BCUT2D eigenvalue weighted by molar-refractivity contribution is -0.127. The largest absolute Gasteiger partial charge is 0.351 e. The number of aryl methyl sites for hydroxylation is 2. The van der Waals surface area contributed by atoms with Crippen LogP contribution in [0.5, 0.6) is 0 Å². The van der Waals surface area contributed by atoms with Gasteiger partial charge in [0.15, 0.2) is 0 Å². The molecule has 222 valence electrons. The van der Waals surface area contributed by atoms with Crippen molar-refractivity contribution in [2.45, 2.75) is 62.6 Å². The van der Waals surface area contributed by atoms with E-state index in [1.165, 1.54) is 35.8 Å². The Bertz CT molecular complexity index is 1690. The number of hydrogen-bond donors (Lipinski definition) is 1. The van der Waals surface area contributed by atoms with Crippen LogP contribution in [0.2, 0.25) is 0 Å². The first-order chi connectivity index (χ1) is 20.1. The van der Waals surface area contributed by atoms with Crippen LogP contribution in [-0.4, -0.2) is 69.4 Å². The zero-order valence-electron chi connectivity index (χ0n) is 24.3. The highest BCUT2D eigenvalue weighted by Crippen LogP contribution is 2.32. The molecule has 0 radical (unpaired) electrons. The Morgan fingerprint density at radius 2 is 1.74 bits per heavy atom. The number of sulfonamides is 1. The quantitative estimate of drug-likeness (QED) is 0.316. The highest BCUT2D eigenvalue weighted by Gasteiger charge is 2.36. The van der Waals surface area contributed by atoms with Crippen molar-refractivity contribution in [3.05, 3.63) is 66.0 Å². The average molecular weight is 593 g/mol. The minimum atomic E-state index is -3.70. The highest BCUT2D eigenvalue weighted by molar-refractivity contribution is 7.89. The van der Waals surface area contributed by atoms with Gasteiger partial charge in [0.2, 0.25) is 21.8 Å². The number of aromatic nitrogens is 5. The third-order valence-electron chi connectivity index (χ3n) is 7.67. The standard InChI is InChI=1S/C29H36N8O4S/c1-20-24(18-35(4)32-20)28(29(39)30-21-10-6-5-7-11-21)37(22-14-16-23(17-15-22)42(40,41)34(2)3)27(38)19-36-26-13-9-8-12-25(26)31-33-36/h8-9,12-18,21,28H,5-7,10-11,19H2,1-4H3,(H,30,39)/t28-/m0/s1. The van der Waals surface area contributed by atoms with E-state index in [0.29, 0.717) is 28.0 Å². The SMILES string of the molecule is Cc1nn(C)cc1[C@@H](C(=O)NC1CCCCC1)N(C(=O)Cn1nnc2ccccc21)c1ccc(S(=O)(=O)N(C)C)cc1. The highest BCUT2D eigenvalue weighted by atomic mass is 32.2. The Kier molecular flexibility index (Phi) is 8.41. The molecule has 0 unspecified atom stereocenters. The number of nitrogens with zero attached hydrogens (tertiary/aromatic N) is 7. The molecule has 0 spiro atoms.